The summed E-state index contributed by atoms with van der Waals surface area (Å²) in [5.41, 5.74) is 5.60. The predicted molar refractivity (Wildman–Crippen MR) is 220 cm³/mol. The molecule has 5 rings (SSSR count). The Bertz CT molecular complexity index is 1810. The van der Waals surface area contributed by atoms with E-state index >= 15 is 0 Å². The van der Waals surface area contributed by atoms with E-state index in [2.05, 4.69) is 27.9 Å². The first-order valence-electron chi connectivity index (χ1n) is 21.1. The van der Waals surface area contributed by atoms with Crippen molar-refractivity contribution >= 4 is 29.6 Å². The number of cyclic esters (lactones) is 1. The molecular weight excluding hydrogens is 778 g/mol. The molecule has 334 valence electrons. The number of methoxy groups -OCH3 is 1. The predicted octanol–water partition coefficient (Wildman–Crippen LogP) is 4.19. The molecule has 1 aromatic heterocycles. The Balaban J connectivity index is 1.35. The van der Waals surface area contributed by atoms with Crippen LogP contribution in [0.15, 0.2) is 30.5 Å². The van der Waals surface area contributed by atoms with Gasteiger partial charge in [0, 0.05) is 49.5 Å². The number of carboxylic acid groups (broad SMARTS) is 1. The van der Waals surface area contributed by atoms with E-state index in [9.17, 15) is 24.3 Å². The van der Waals surface area contributed by atoms with Crippen molar-refractivity contribution < 1.29 is 53.1 Å². The number of ketones is 1. The molecule has 0 bridgehead atoms. The number of aromatic nitrogens is 3. The number of carbonyl (C=O) groups excluding carboxylic acids is 3. The van der Waals surface area contributed by atoms with Gasteiger partial charge in [0.1, 0.15) is 23.8 Å². The number of fused-ring (bicyclic) bond motifs is 1. The number of aliphatic hydroxyl groups excluding tert-OH is 1. The first kappa shape index (κ1) is 46.9. The second-order valence-corrected chi connectivity index (χ2v) is 17.3. The summed E-state index contributed by atoms with van der Waals surface area (Å²) in [5, 5.41) is 34.6. The number of aryl methyl sites for hydroxylation is 1. The van der Waals surface area contributed by atoms with E-state index in [4.69, 9.17) is 34.5 Å². The molecule has 2 aromatic rings. The summed E-state index contributed by atoms with van der Waals surface area (Å²) >= 11 is 0. The van der Waals surface area contributed by atoms with Crippen molar-refractivity contribution in [1.82, 2.24) is 25.2 Å². The second kappa shape index (κ2) is 19.7. The number of esters is 1. The van der Waals surface area contributed by atoms with Gasteiger partial charge in [-0.2, -0.15) is 0 Å². The third-order valence-corrected chi connectivity index (χ3v) is 12.5. The van der Waals surface area contributed by atoms with Crippen molar-refractivity contribution in [2.45, 2.75) is 154 Å². The standard InChI is InChI=1S/C42H65N7O11/c1-10-32-42(8)35(49(40(55)60-42)17-12-11-16-48-22-31(46-47-48)28-14-13-15-29(19-28)45-39(53)54)27(6)44-21-23(2)20-41(7,56-9)36(25(4)33(50)26(5)37(52)58-32)59-38-34(51)30(43)18-24(3)57-38/h13-15,19,22-27,30,32,34-36,38,44-45,51H,10-12,16-18,20-21,43H2,1-9H3,(H,53,54)/t23-,24-,25+,26-,27-,30+,32-,34-,35-,36-,38+,41-,42-/m1/s1. The number of anilines is 1. The van der Waals surface area contributed by atoms with Crippen LogP contribution in [-0.2, 0) is 39.8 Å². The van der Waals surface area contributed by atoms with Crippen LogP contribution in [0.5, 0.6) is 0 Å². The Morgan fingerprint density at radius 1 is 1.12 bits per heavy atom. The van der Waals surface area contributed by atoms with Crippen LogP contribution in [0.4, 0.5) is 15.3 Å². The number of nitrogens with one attached hydrogen (secondary N) is 2. The number of hydrogen-bond donors (Lipinski definition) is 5. The second-order valence-electron chi connectivity index (χ2n) is 17.3. The molecule has 0 spiro atoms. The van der Waals surface area contributed by atoms with E-state index in [0.717, 1.165) is 0 Å². The maximum atomic E-state index is 14.3. The van der Waals surface area contributed by atoms with E-state index in [1.165, 1.54) is 6.92 Å². The number of aliphatic hydroxyl groups is 1. The fourth-order valence-corrected chi connectivity index (χ4v) is 9.18. The minimum absolute atomic E-state index is 0.0483. The summed E-state index contributed by atoms with van der Waals surface area (Å²) in [4.78, 5) is 54.8. The first-order chi connectivity index (χ1) is 28.3. The van der Waals surface area contributed by atoms with Gasteiger partial charge in [-0.15, -0.1) is 5.10 Å². The SMILES string of the molecule is CC[C@H]1OC(=O)[C@H](C)C(=O)[C@H](C)[C@@H](O[C@@H]2O[C@H](C)C[C@H](N)[C@H]2O)[C@](C)(OC)C[C@@H](C)CN[C@H](C)[C@H]2N(CCCCn3cc(-c4cccc(NC(=O)O)c4)nn3)C(=O)O[C@]12C. The third-order valence-electron chi connectivity index (χ3n) is 12.5. The molecule has 0 radical (unpaired) electrons. The van der Waals surface area contributed by atoms with Crippen molar-refractivity contribution in [2.75, 3.05) is 25.5 Å². The maximum absolute atomic E-state index is 14.3. The zero-order valence-corrected chi connectivity index (χ0v) is 36.3. The Morgan fingerprint density at radius 2 is 1.83 bits per heavy atom. The van der Waals surface area contributed by atoms with Crippen LogP contribution in [0.2, 0.25) is 0 Å². The number of ether oxygens (including phenoxy) is 5. The molecule has 3 fully saturated rings. The number of benzene rings is 1. The summed E-state index contributed by atoms with van der Waals surface area (Å²) < 4.78 is 32.7. The highest BCUT2D eigenvalue weighted by atomic mass is 16.7. The van der Waals surface area contributed by atoms with Crippen LogP contribution in [0.3, 0.4) is 0 Å². The van der Waals surface area contributed by atoms with E-state index in [1.54, 1.807) is 54.9 Å². The largest absolute Gasteiger partial charge is 0.465 e. The van der Waals surface area contributed by atoms with Crippen molar-refractivity contribution in [3.05, 3.63) is 30.5 Å². The molecule has 0 saturated carbocycles. The molecule has 3 aliphatic heterocycles. The molecule has 3 aliphatic rings. The van der Waals surface area contributed by atoms with Crippen LogP contribution in [-0.4, -0.2) is 134 Å². The lowest BCUT2D eigenvalue weighted by Crippen LogP contribution is -2.61. The summed E-state index contributed by atoms with van der Waals surface area (Å²) in [6.07, 6.45) is -1.89. The van der Waals surface area contributed by atoms with Crippen molar-refractivity contribution in [3.63, 3.8) is 0 Å². The van der Waals surface area contributed by atoms with Crippen molar-refractivity contribution in [2.24, 2.45) is 23.5 Å². The summed E-state index contributed by atoms with van der Waals surface area (Å²) in [6.45, 7) is 15.9. The van der Waals surface area contributed by atoms with E-state index in [-0.39, 0.29) is 18.1 Å². The lowest BCUT2D eigenvalue weighted by Gasteiger charge is -2.45. The average Bonchev–Trinajstić information content (AvgIpc) is 3.78. The van der Waals surface area contributed by atoms with Gasteiger partial charge in [0.05, 0.1) is 30.0 Å². The first-order valence-corrected chi connectivity index (χ1v) is 21.1. The highest BCUT2D eigenvalue weighted by Gasteiger charge is 2.58. The summed E-state index contributed by atoms with van der Waals surface area (Å²) in [5.74, 6) is -3.35. The van der Waals surface area contributed by atoms with Gasteiger partial charge < -0.3 is 44.9 Å². The van der Waals surface area contributed by atoms with Crippen molar-refractivity contribution in [3.8, 4) is 11.3 Å². The van der Waals surface area contributed by atoms with Crippen molar-refractivity contribution in [1.29, 1.82) is 0 Å². The van der Waals surface area contributed by atoms with E-state index in [0.29, 0.717) is 68.7 Å². The molecule has 0 unspecified atom stereocenters. The normalized spacial score (nSPS) is 35.8. The lowest BCUT2D eigenvalue weighted by molar-refractivity contribution is -0.288. The van der Waals surface area contributed by atoms with Gasteiger partial charge in [-0.25, -0.2) is 9.59 Å². The molecule has 4 heterocycles. The van der Waals surface area contributed by atoms with Crippen LogP contribution in [0.25, 0.3) is 11.3 Å². The molecule has 60 heavy (non-hydrogen) atoms. The van der Waals surface area contributed by atoms with Crippen LogP contribution in [0.1, 0.15) is 87.5 Å². The maximum Gasteiger partial charge on any atom is 0.410 e. The monoisotopic (exact) mass is 843 g/mol. The van der Waals surface area contributed by atoms with Gasteiger partial charge in [0.15, 0.2) is 17.7 Å². The Kier molecular flexibility index (Phi) is 15.4. The van der Waals surface area contributed by atoms with Gasteiger partial charge in [-0.05, 0) is 91.3 Å². The lowest BCUT2D eigenvalue weighted by atomic mass is 9.78. The summed E-state index contributed by atoms with van der Waals surface area (Å²) in [7, 11) is 1.55. The van der Waals surface area contributed by atoms with E-state index in [1.807, 2.05) is 33.8 Å². The number of carbonyl (C=O) groups is 4. The number of nitrogens with two attached hydrogens (primary N) is 1. The molecule has 3 saturated heterocycles. The topological polar surface area (TPSA) is 239 Å². The van der Waals surface area contributed by atoms with Gasteiger partial charge >= 0.3 is 18.2 Å². The van der Waals surface area contributed by atoms with Gasteiger partial charge in [0.25, 0.3) is 0 Å². The zero-order valence-electron chi connectivity index (χ0n) is 36.3. The van der Waals surface area contributed by atoms with Gasteiger partial charge in [-0.3, -0.25) is 24.5 Å². The zero-order chi connectivity index (χ0) is 44.1. The molecule has 18 nitrogen and oxygen atoms in total. The van der Waals surface area contributed by atoms with Crippen LogP contribution >= 0.6 is 0 Å². The number of unbranched alkanes of at least 4 members (excludes halogenated alkanes) is 1. The molecule has 13 atom stereocenters. The highest BCUT2D eigenvalue weighted by Crippen LogP contribution is 2.40. The fourth-order valence-electron chi connectivity index (χ4n) is 9.18. The number of Topliss-reactive ketones (excluding diaryl/α,β-unsaturated/α-hetero) is 1. The molecule has 1 aromatic carbocycles. The number of hydrogen-bond acceptors (Lipinski definition) is 14. The quantitative estimate of drug-likeness (QED) is 0.121. The highest BCUT2D eigenvalue weighted by molar-refractivity contribution is 6.00. The Labute approximate surface area is 352 Å². The average molecular weight is 844 g/mol. The fraction of sp³-hybridized carbons (Fsp3) is 0.714. The third kappa shape index (κ3) is 10.5. The molecule has 18 heteroatoms. The molecule has 6 N–H and O–H groups in total. The number of nitrogens with zero attached hydrogens (tertiary/aromatic N) is 4. The Morgan fingerprint density at radius 3 is 2.52 bits per heavy atom. The number of amides is 2. The molecular formula is C42H65N7O11. The smallest absolute Gasteiger partial charge is 0.410 e. The van der Waals surface area contributed by atoms with Gasteiger partial charge in [0.2, 0.25) is 0 Å². The van der Waals surface area contributed by atoms with E-state index < -0.39 is 83.7 Å². The minimum Gasteiger partial charge on any atom is -0.465 e. The number of rotatable bonds is 11. The molecule has 2 amide bonds. The Hall–Kier alpha value is -4.20. The minimum atomic E-state index is -1.27. The summed E-state index contributed by atoms with van der Waals surface area (Å²) in [6, 6.07) is 5.39. The van der Waals surface area contributed by atoms with Crippen LogP contribution in [0, 0.1) is 17.8 Å². The molecule has 0 aliphatic carbocycles. The van der Waals surface area contributed by atoms with Gasteiger partial charge in [-0.1, -0.05) is 38.1 Å². The van der Waals surface area contributed by atoms with Crippen LogP contribution < -0.4 is 16.4 Å².